The van der Waals surface area contributed by atoms with Gasteiger partial charge in [0.15, 0.2) is 0 Å². The van der Waals surface area contributed by atoms with Gasteiger partial charge in [0.25, 0.3) is 0 Å². The summed E-state index contributed by atoms with van der Waals surface area (Å²) in [7, 11) is 3.31. The first kappa shape index (κ1) is 17.2. The summed E-state index contributed by atoms with van der Waals surface area (Å²) >= 11 is 0. The molecule has 4 bridgehead atoms. The molecule has 0 aromatic rings. The van der Waals surface area contributed by atoms with E-state index >= 15 is 0 Å². The Hall–Kier alpha value is -1.59. The molecule has 0 saturated heterocycles. The number of amides is 3. The van der Waals surface area contributed by atoms with Crippen molar-refractivity contribution in [2.75, 3.05) is 27.2 Å². The summed E-state index contributed by atoms with van der Waals surface area (Å²) in [6.45, 7) is 0.358. The van der Waals surface area contributed by atoms with Crippen LogP contribution in [0.1, 0.15) is 44.9 Å². The maximum Gasteiger partial charge on any atom is 0.241 e. The SMILES string of the molecule is CN(C)C(=O)CNC(=O)CCNC(=O)C12CC3CC(CC(C3)C1)C2. The second kappa shape index (κ2) is 6.73. The summed E-state index contributed by atoms with van der Waals surface area (Å²) < 4.78 is 0. The molecule has 0 aliphatic heterocycles. The minimum absolute atomic E-state index is 0.00869. The molecule has 0 aromatic carbocycles. The standard InChI is InChI=1S/C18H29N3O3/c1-21(2)16(23)11-20-15(22)3-4-19-17(24)18-8-12-5-13(9-18)7-14(6-12)10-18/h12-14H,3-11H2,1-2H3,(H,19,24)(H,20,22). The second-order valence-electron chi connectivity index (χ2n) is 8.27. The van der Waals surface area contributed by atoms with E-state index in [9.17, 15) is 14.4 Å². The molecule has 2 N–H and O–H groups in total. The zero-order valence-electron chi connectivity index (χ0n) is 14.8. The van der Waals surface area contributed by atoms with Crippen LogP contribution in [0, 0.1) is 23.2 Å². The lowest BCUT2D eigenvalue weighted by atomic mass is 9.49. The monoisotopic (exact) mass is 335 g/mol. The van der Waals surface area contributed by atoms with E-state index in [2.05, 4.69) is 10.6 Å². The number of likely N-dealkylation sites (N-methyl/N-ethyl adjacent to an activating group) is 1. The van der Waals surface area contributed by atoms with E-state index in [0.29, 0.717) is 6.54 Å². The predicted molar refractivity (Wildman–Crippen MR) is 89.9 cm³/mol. The smallest absolute Gasteiger partial charge is 0.241 e. The highest BCUT2D eigenvalue weighted by Gasteiger charge is 2.54. The molecule has 0 aromatic heterocycles. The Morgan fingerprint density at radius 3 is 2.00 bits per heavy atom. The summed E-state index contributed by atoms with van der Waals surface area (Å²) in [6, 6.07) is 0. The van der Waals surface area contributed by atoms with E-state index in [1.807, 2.05) is 0 Å². The largest absolute Gasteiger partial charge is 0.355 e. The Bertz CT molecular complexity index is 494. The molecule has 3 amide bonds. The summed E-state index contributed by atoms with van der Waals surface area (Å²) in [5.74, 6) is 2.03. The van der Waals surface area contributed by atoms with E-state index < -0.39 is 0 Å². The number of carbonyl (C=O) groups excluding carboxylic acids is 3. The number of hydrogen-bond donors (Lipinski definition) is 2. The minimum Gasteiger partial charge on any atom is -0.355 e. The van der Waals surface area contributed by atoms with Crippen LogP contribution in [0.2, 0.25) is 0 Å². The molecule has 4 aliphatic carbocycles. The number of hydrogen-bond acceptors (Lipinski definition) is 3. The van der Waals surface area contributed by atoms with Gasteiger partial charge in [0, 0.05) is 32.5 Å². The molecular weight excluding hydrogens is 306 g/mol. The fourth-order valence-electron chi connectivity index (χ4n) is 5.29. The average Bonchev–Trinajstić information content (AvgIpc) is 2.51. The number of nitrogens with one attached hydrogen (secondary N) is 2. The third-order valence-electron chi connectivity index (χ3n) is 6.09. The predicted octanol–water partition coefficient (Wildman–Crippen LogP) is 0.913. The zero-order valence-corrected chi connectivity index (χ0v) is 14.8. The van der Waals surface area contributed by atoms with Crippen LogP contribution >= 0.6 is 0 Å². The molecule has 0 radical (unpaired) electrons. The van der Waals surface area contributed by atoms with E-state index in [4.69, 9.17) is 0 Å². The lowest BCUT2D eigenvalue weighted by Gasteiger charge is -2.55. The molecule has 4 fully saturated rings. The van der Waals surface area contributed by atoms with E-state index in [1.54, 1.807) is 14.1 Å². The van der Waals surface area contributed by atoms with Crippen LogP contribution in [0.15, 0.2) is 0 Å². The molecule has 4 saturated carbocycles. The van der Waals surface area contributed by atoms with Crippen molar-refractivity contribution < 1.29 is 14.4 Å². The maximum atomic E-state index is 12.7. The molecule has 4 rings (SSSR count). The van der Waals surface area contributed by atoms with Gasteiger partial charge in [-0.15, -0.1) is 0 Å². The first-order valence-corrected chi connectivity index (χ1v) is 9.13. The topological polar surface area (TPSA) is 78.5 Å². The number of rotatable bonds is 6. The maximum absolute atomic E-state index is 12.7. The summed E-state index contributed by atoms with van der Waals surface area (Å²) in [6.07, 6.45) is 7.27. The van der Waals surface area contributed by atoms with Crippen molar-refractivity contribution in [1.29, 1.82) is 0 Å². The Kier molecular flexibility index (Phi) is 4.83. The summed E-state index contributed by atoms with van der Waals surface area (Å²) in [5, 5.41) is 5.58. The van der Waals surface area contributed by atoms with Crippen molar-refractivity contribution in [3.8, 4) is 0 Å². The highest BCUT2D eigenvalue weighted by atomic mass is 16.2. The molecule has 6 heteroatoms. The highest BCUT2D eigenvalue weighted by Crippen LogP contribution is 2.60. The van der Waals surface area contributed by atoms with Gasteiger partial charge in [-0.05, 0) is 56.3 Å². The van der Waals surface area contributed by atoms with Crippen LogP contribution < -0.4 is 10.6 Å². The van der Waals surface area contributed by atoms with Crippen molar-refractivity contribution in [2.45, 2.75) is 44.9 Å². The van der Waals surface area contributed by atoms with E-state index in [0.717, 1.165) is 37.0 Å². The third kappa shape index (κ3) is 3.57. The Morgan fingerprint density at radius 2 is 1.50 bits per heavy atom. The normalized spacial score (nSPS) is 33.2. The Balaban J connectivity index is 1.41. The molecule has 0 spiro atoms. The van der Waals surface area contributed by atoms with Gasteiger partial charge < -0.3 is 15.5 Å². The second-order valence-corrected chi connectivity index (χ2v) is 8.27. The number of carbonyl (C=O) groups is 3. The van der Waals surface area contributed by atoms with Gasteiger partial charge in [-0.2, -0.15) is 0 Å². The van der Waals surface area contributed by atoms with Crippen molar-refractivity contribution in [3.63, 3.8) is 0 Å². The summed E-state index contributed by atoms with van der Waals surface area (Å²) in [5.41, 5.74) is -0.161. The van der Waals surface area contributed by atoms with Crippen LogP contribution in [-0.2, 0) is 14.4 Å². The first-order chi connectivity index (χ1) is 11.4. The minimum atomic E-state index is -0.198. The van der Waals surface area contributed by atoms with Crippen molar-refractivity contribution in [3.05, 3.63) is 0 Å². The van der Waals surface area contributed by atoms with Gasteiger partial charge in [0.05, 0.1) is 6.54 Å². The van der Waals surface area contributed by atoms with Gasteiger partial charge in [-0.3, -0.25) is 14.4 Å². The van der Waals surface area contributed by atoms with Crippen LogP contribution in [0.3, 0.4) is 0 Å². The molecule has 4 aliphatic rings. The fourth-order valence-corrected chi connectivity index (χ4v) is 5.29. The van der Waals surface area contributed by atoms with Gasteiger partial charge in [0.2, 0.25) is 17.7 Å². The third-order valence-corrected chi connectivity index (χ3v) is 6.09. The van der Waals surface area contributed by atoms with E-state index in [1.165, 1.54) is 24.2 Å². The molecule has 0 heterocycles. The molecule has 24 heavy (non-hydrogen) atoms. The quantitative estimate of drug-likeness (QED) is 0.757. The molecular formula is C18H29N3O3. The molecule has 6 nitrogen and oxygen atoms in total. The summed E-state index contributed by atoms with van der Waals surface area (Å²) in [4.78, 5) is 37.4. The molecule has 0 unspecified atom stereocenters. The molecule has 134 valence electrons. The van der Waals surface area contributed by atoms with Crippen LogP contribution in [-0.4, -0.2) is 49.8 Å². The lowest BCUT2D eigenvalue weighted by Crippen LogP contribution is -2.53. The zero-order chi connectivity index (χ0) is 17.3. The van der Waals surface area contributed by atoms with Crippen LogP contribution in [0.5, 0.6) is 0 Å². The van der Waals surface area contributed by atoms with Gasteiger partial charge in [-0.1, -0.05) is 0 Å². The average molecular weight is 335 g/mol. The van der Waals surface area contributed by atoms with Crippen molar-refractivity contribution in [1.82, 2.24) is 15.5 Å². The van der Waals surface area contributed by atoms with Crippen LogP contribution in [0.25, 0.3) is 0 Å². The Morgan fingerprint density at radius 1 is 0.958 bits per heavy atom. The van der Waals surface area contributed by atoms with Crippen LogP contribution in [0.4, 0.5) is 0 Å². The van der Waals surface area contributed by atoms with Crippen molar-refractivity contribution in [2.24, 2.45) is 23.2 Å². The highest BCUT2D eigenvalue weighted by molar-refractivity contribution is 5.86. The lowest BCUT2D eigenvalue weighted by molar-refractivity contribution is -0.146. The van der Waals surface area contributed by atoms with E-state index in [-0.39, 0.29) is 36.1 Å². The molecule has 0 atom stereocenters. The van der Waals surface area contributed by atoms with Crippen molar-refractivity contribution >= 4 is 17.7 Å². The van der Waals surface area contributed by atoms with Gasteiger partial charge >= 0.3 is 0 Å². The number of nitrogens with zero attached hydrogens (tertiary/aromatic N) is 1. The Labute approximate surface area is 143 Å². The van der Waals surface area contributed by atoms with Gasteiger partial charge in [0.1, 0.15) is 0 Å². The first-order valence-electron chi connectivity index (χ1n) is 9.13. The van der Waals surface area contributed by atoms with Gasteiger partial charge in [-0.25, -0.2) is 0 Å². The fraction of sp³-hybridized carbons (Fsp3) is 0.833.